The standard InChI is InChI=1S/C22H24O3/c1-16(23)25-21-14-10-19(11-15-21)22(17-6-4-2-3-5-7-17)18-8-12-20(24)13-9-18/h8-15,24H,2-7H2,1H3. The summed E-state index contributed by atoms with van der Waals surface area (Å²) in [5.74, 6) is 0.528. The van der Waals surface area contributed by atoms with Gasteiger partial charge in [-0.25, -0.2) is 0 Å². The maximum Gasteiger partial charge on any atom is 0.308 e. The quantitative estimate of drug-likeness (QED) is 0.459. The molecule has 25 heavy (non-hydrogen) atoms. The lowest BCUT2D eigenvalue weighted by molar-refractivity contribution is -0.131. The molecule has 1 fully saturated rings. The van der Waals surface area contributed by atoms with E-state index < -0.39 is 0 Å². The van der Waals surface area contributed by atoms with Gasteiger partial charge in [-0.1, -0.05) is 42.7 Å². The van der Waals surface area contributed by atoms with Crippen LogP contribution in [0.3, 0.4) is 0 Å². The Bertz CT molecular complexity index is 745. The van der Waals surface area contributed by atoms with E-state index >= 15 is 0 Å². The van der Waals surface area contributed by atoms with Crippen LogP contribution < -0.4 is 4.74 Å². The van der Waals surface area contributed by atoms with Crippen molar-refractivity contribution in [3.05, 3.63) is 65.2 Å². The van der Waals surface area contributed by atoms with Gasteiger partial charge in [0.2, 0.25) is 0 Å². The molecule has 0 aromatic heterocycles. The Labute approximate surface area is 149 Å². The van der Waals surface area contributed by atoms with Gasteiger partial charge in [0, 0.05) is 6.92 Å². The van der Waals surface area contributed by atoms with Gasteiger partial charge in [0.15, 0.2) is 0 Å². The lowest BCUT2D eigenvalue weighted by atomic mass is 9.89. The van der Waals surface area contributed by atoms with Crippen molar-refractivity contribution >= 4 is 11.5 Å². The number of carbonyl (C=O) groups is 1. The molecule has 0 aliphatic heterocycles. The number of phenols is 1. The first-order chi connectivity index (χ1) is 12.1. The highest BCUT2D eigenvalue weighted by molar-refractivity contribution is 5.82. The van der Waals surface area contributed by atoms with Gasteiger partial charge in [-0.2, -0.15) is 0 Å². The molecule has 1 saturated carbocycles. The summed E-state index contributed by atoms with van der Waals surface area (Å²) in [5, 5.41) is 9.62. The molecule has 3 rings (SSSR count). The summed E-state index contributed by atoms with van der Waals surface area (Å²) in [6.07, 6.45) is 7.25. The van der Waals surface area contributed by atoms with Crippen LogP contribution in [0.5, 0.6) is 11.5 Å². The number of rotatable bonds is 3. The average Bonchev–Trinajstić information content (AvgIpc) is 2.87. The van der Waals surface area contributed by atoms with Crippen LogP contribution >= 0.6 is 0 Å². The van der Waals surface area contributed by atoms with Crippen molar-refractivity contribution in [2.24, 2.45) is 0 Å². The van der Waals surface area contributed by atoms with E-state index in [1.165, 1.54) is 43.8 Å². The van der Waals surface area contributed by atoms with Gasteiger partial charge in [-0.05, 0) is 66.6 Å². The van der Waals surface area contributed by atoms with E-state index in [-0.39, 0.29) is 11.7 Å². The van der Waals surface area contributed by atoms with Crippen molar-refractivity contribution in [2.45, 2.75) is 45.4 Å². The number of ether oxygens (including phenoxy) is 1. The van der Waals surface area contributed by atoms with Gasteiger partial charge in [0.05, 0.1) is 0 Å². The Morgan fingerprint density at radius 2 is 1.36 bits per heavy atom. The number of carbonyl (C=O) groups excluding carboxylic acids is 1. The van der Waals surface area contributed by atoms with Gasteiger partial charge in [0.1, 0.15) is 11.5 Å². The van der Waals surface area contributed by atoms with E-state index in [0.29, 0.717) is 5.75 Å². The van der Waals surface area contributed by atoms with E-state index in [1.54, 1.807) is 12.1 Å². The molecule has 0 bridgehead atoms. The smallest absolute Gasteiger partial charge is 0.308 e. The molecule has 0 saturated heterocycles. The summed E-state index contributed by atoms with van der Waals surface area (Å²) < 4.78 is 5.15. The average molecular weight is 336 g/mol. The minimum atomic E-state index is -0.311. The normalized spacial score (nSPS) is 14.7. The Hall–Kier alpha value is -2.55. The summed E-state index contributed by atoms with van der Waals surface area (Å²) >= 11 is 0. The number of phenolic OH excluding ortho intramolecular Hbond substituents is 1. The van der Waals surface area contributed by atoms with E-state index in [4.69, 9.17) is 4.74 Å². The van der Waals surface area contributed by atoms with Crippen LogP contribution in [0.1, 0.15) is 56.6 Å². The second-order valence-electron chi connectivity index (χ2n) is 6.56. The predicted octanol–water partition coefficient (Wildman–Crippen LogP) is 5.47. The molecule has 3 heteroatoms. The van der Waals surface area contributed by atoms with Gasteiger partial charge in [0.25, 0.3) is 0 Å². The second kappa shape index (κ2) is 8.02. The van der Waals surface area contributed by atoms with Crippen molar-refractivity contribution in [2.75, 3.05) is 0 Å². The number of hydrogen-bond acceptors (Lipinski definition) is 3. The SMILES string of the molecule is CC(=O)Oc1ccc(C(=C2CCCCCC2)c2ccc(O)cc2)cc1. The molecular formula is C22H24O3. The zero-order chi connectivity index (χ0) is 17.6. The van der Waals surface area contributed by atoms with Crippen LogP contribution in [0, 0.1) is 0 Å². The maximum absolute atomic E-state index is 11.1. The van der Waals surface area contributed by atoms with Crippen LogP contribution in [0.25, 0.3) is 5.57 Å². The van der Waals surface area contributed by atoms with Crippen molar-refractivity contribution in [1.82, 2.24) is 0 Å². The lowest BCUT2D eigenvalue weighted by Crippen LogP contribution is -2.01. The second-order valence-corrected chi connectivity index (χ2v) is 6.56. The third-order valence-electron chi connectivity index (χ3n) is 4.62. The predicted molar refractivity (Wildman–Crippen MR) is 99.6 cm³/mol. The van der Waals surface area contributed by atoms with Crippen molar-refractivity contribution in [3.8, 4) is 11.5 Å². The fourth-order valence-corrected chi connectivity index (χ4v) is 3.46. The topological polar surface area (TPSA) is 46.5 Å². The molecule has 3 nitrogen and oxygen atoms in total. The molecule has 0 atom stereocenters. The molecule has 2 aromatic rings. The Balaban J connectivity index is 2.02. The number of esters is 1. The highest BCUT2D eigenvalue weighted by Crippen LogP contribution is 2.35. The summed E-state index contributed by atoms with van der Waals surface area (Å²) in [6, 6.07) is 15.1. The van der Waals surface area contributed by atoms with E-state index in [9.17, 15) is 9.90 Å². The number of hydrogen-bond donors (Lipinski definition) is 1. The fourth-order valence-electron chi connectivity index (χ4n) is 3.46. The summed E-state index contributed by atoms with van der Waals surface area (Å²) in [6.45, 7) is 1.41. The third-order valence-corrected chi connectivity index (χ3v) is 4.62. The molecule has 0 amide bonds. The summed E-state index contributed by atoms with van der Waals surface area (Å²) in [5.41, 5.74) is 4.97. The summed E-state index contributed by atoms with van der Waals surface area (Å²) in [7, 11) is 0. The van der Waals surface area contributed by atoms with Gasteiger partial charge >= 0.3 is 5.97 Å². The first-order valence-electron chi connectivity index (χ1n) is 8.94. The number of benzene rings is 2. The molecule has 130 valence electrons. The highest BCUT2D eigenvalue weighted by atomic mass is 16.5. The van der Waals surface area contributed by atoms with Crippen LogP contribution in [-0.2, 0) is 4.79 Å². The monoisotopic (exact) mass is 336 g/mol. The highest BCUT2D eigenvalue weighted by Gasteiger charge is 2.14. The Kier molecular flexibility index (Phi) is 5.54. The first kappa shape index (κ1) is 17.3. The van der Waals surface area contributed by atoms with E-state index in [2.05, 4.69) is 0 Å². The molecule has 1 N–H and O–H groups in total. The number of aromatic hydroxyl groups is 1. The van der Waals surface area contributed by atoms with Crippen molar-refractivity contribution < 1.29 is 14.6 Å². The van der Waals surface area contributed by atoms with Crippen molar-refractivity contribution in [1.29, 1.82) is 0 Å². The van der Waals surface area contributed by atoms with Gasteiger partial charge < -0.3 is 9.84 Å². The Morgan fingerprint density at radius 1 is 0.840 bits per heavy atom. The molecule has 0 spiro atoms. The zero-order valence-electron chi connectivity index (χ0n) is 14.6. The van der Waals surface area contributed by atoms with Crippen LogP contribution in [0.2, 0.25) is 0 Å². The van der Waals surface area contributed by atoms with Crippen LogP contribution in [0.15, 0.2) is 54.1 Å². The minimum Gasteiger partial charge on any atom is -0.508 e. The molecule has 1 aliphatic carbocycles. The van der Waals surface area contributed by atoms with Crippen LogP contribution in [-0.4, -0.2) is 11.1 Å². The maximum atomic E-state index is 11.1. The summed E-state index contributed by atoms with van der Waals surface area (Å²) in [4.78, 5) is 11.1. The Morgan fingerprint density at radius 3 is 1.88 bits per heavy atom. The third kappa shape index (κ3) is 4.50. The fraction of sp³-hybridized carbons (Fsp3) is 0.318. The van der Waals surface area contributed by atoms with Crippen LogP contribution in [0.4, 0.5) is 0 Å². The van der Waals surface area contributed by atoms with E-state index in [1.807, 2.05) is 36.4 Å². The molecule has 0 heterocycles. The molecule has 2 aromatic carbocycles. The van der Waals surface area contributed by atoms with Crippen molar-refractivity contribution in [3.63, 3.8) is 0 Å². The van der Waals surface area contributed by atoms with E-state index in [0.717, 1.165) is 24.0 Å². The number of allylic oxidation sites excluding steroid dienone is 1. The first-order valence-corrected chi connectivity index (χ1v) is 8.94. The van der Waals surface area contributed by atoms with Gasteiger partial charge in [-0.3, -0.25) is 4.79 Å². The molecule has 1 aliphatic rings. The minimum absolute atomic E-state index is 0.277. The van der Waals surface area contributed by atoms with Gasteiger partial charge in [-0.15, -0.1) is 0 Å². The largest absolute Gasteiger partial charge is 0.508 e. The molecule has 0 unspecified atom stereocenters. The zero-order valence-corrected chi connectivity index (χ0v) is 14.6. The molecule has 0 radical (unpaired) electrons. The molecular weight excluding hydrogens is 312 g/mol. The lowest BCUT2D eigenvalue weighted by Gasteiger charge is -2.16.